The van der Waals surface area contributed by atoms with Gasteiger partial charge in [-0.05, 0) is 26.3 Å². The number of aryl methyl sites for hydroxylation is 1. The number of rotatable bonds is 6. The summed E-state index contributed by atoms with van der Waals surface area (Å²) >= 11 is 0. The summed E-state index contributed by atoms with van der Waals surface area (Å²) in [6.07, 6.45) is 3.60. The van der Waals surface area contributed by atoms with Crippen molar-refractivity contribution in [1.82, 2.24) is 9.80 Å². The molecule has 2 aliphatic heterocycles. The van der Waals surface area contributed by atoms with Gasteiger partial charge in [-0.2, -0.15) is 0 Å². The number of hydrogen-bond acceptors (Lipinski definition) is 5. The molecule has 2 heterocycles. The van der Waals surface area contributed by atoms with Crippen LogP contribution in [0.3, 0.4) is 0 Å². The van der Waals surface area contributed by atoms with E-state index >= 15 is 0 Å². The molecule has 0 aliphatic carbocycles. The van der Waals surface area contributed by atoms with Gasteiger partial charge in [0.1, 0.15) is 18.6 Å². The molecule has 2 aliphatic rings. The van der Waals surface area contributed by atoms with Gasteiger partial charge in [-0.15, -0.1) is 0 Å². The minimum atomic E-state index is -0.860. The number of unbranched alkanes of at least 4 members (excludes halogenated alkanes) is 1. The second kappa shape index (κ2) is 9.34. The molecule has 1 aromatic carbocycles. The van der Waals surface area contributed by atoms with E-state index in [0.717, 1.165) is 36.4 Å². The Balaban J connectivity index is 1.79. The first-order valence-corrected chi connectivity index (χ1v) is 10.2. The van der Waals surface area contributed by atoms with E-state index in [9.17, 15) is 9.90 Å². The summed E-state index contributed by atoms with van der Waals surface area (Å²) < 4.78 is 5.43. The van der Waals surface area contributed by atoms with Crippen LogP contribution in [0.2, 0.25) is 0 Å². The molecule has 0 bridgehead atoms. The number of nitrogens with zero attached hydrogens (tertiary/aromatic N) is 3. The molecule has 1 aromatic rings. The summed E-state index contributed by atoms with van der Waals surface area (Å²) in [7, 11) is 0. The van der Waals surface area contributed by atoms with Gasteiger partial charge in [0, 0.05) is 18.5 Å². The predicted octanol–water partition coefficient (Wildman–Crippen LogP) is 2.81. The van der Waals surface area contributed by atoms with E-state index in [1.807, 2.05) is 43.0 Å². The molecule has 0 spiro atoms. The fraction of sp³-hybridized carbons (Fsp3) is 0.545. The Bertz CT molecular complexity index is 742. The number of benzene rings is 1. The highest BCUT2D eigenvalue weighted by Crippen LogP contribution is 2.25. The Kier molecular flexibility index (Phi) is 6.86. The van der Waals surface area contributed by atoms with Crippen LogP contribution in [0.4, 0.5) is 0 Å². The van der Waals surface area contributed by atoms with E-state index in [0.29, 0.717) is 19.8 Å². The van der Waals surface area contributed by atoms with Crippen molar-refractivity contribution in [3.63, 3.8) is 0 Å². The van der Waals surface area contributed by atoms with Crippen molar-refractivity contribution in [2.75, 3.05) is 26.3 Å². The number of aliphatic hydroxyl groups is 1. The maximum Gasteiger partial charge on any atom is 0.242 e. The molecule has 0 saturated carbocycles. The van der Waals surface area contributed by atoms with Crippen LogP contribution < -0.4 is 0 Å². The first kappa shape index (κ1) is 20.6. The molecule has 1 fully saturated rings. The minimum absolute atomic E-state index is 0.00577. The number of aliphatic hydroxyl groups excluding tert-OH is 1. The molecule has 1 N–H and O–H groups in total. The number of morpholine rings is 1. The number of amides is 1. The first-order valence-electron chi connectivity index (χ1n) is 10.2. The van der Waals surface area contributed by atoms with Crippen molar-refractivity contribution in [2.45, 2.75) is 52.3 Å². The fourth-order valence-corrected chi connectivity index (χ4v) is 3.56. The largest absolute Gasteiger partial charge is 0.377 e. The van der Waals surface area contributed by atoms with Crippen molar-refractivity contribution >= 4 is 17.4 Å². The third-order valence-electron chi connectivity index (χ3n) is 5.30. The maximum atomic E-state index is 12.9. The Morgan fingerprint density at radius 3 is 2.75 bits per heavy atom. The van der Waals surface area contributed by atoms with Crippen LogP contribution in [0.1, 0.15) is 44.2 Å². The normalized spacial score (nSPS) is 22.7. The Labute approximate surface area is 167 Å². The van der Waals surface area contributed by atoms with Crippen LogP contribution in [0.5, 0.6) is 0 Å². The van der Waals surface area contributed by atoms with Crippen molar-refractivity contribution in [1.29, 1.82) is 0 Å². The molecule has 28 heavy (non-hydrogen) atoms. The van der Waals surface area contributed by atoms with Crippen LogP contribution in [0.25, 0.3) is 5.70 Å². The van der Waals surface area contributed by atoms with Crippen molar-refractivity contribution < 1.29 is 14.6 Å². The number of carbonyl (C=O) groups is 1. The van der Waals surface area contributed by atoms with Gasteiger partial charge in [-0.25, -0.2) is 4.99 Å². The molecular weight excluding hydrogens is 354 g/mol. The third-order valence-corrected chi connectivity index (χ3v) is 5.30. The Morgan fingerprint density at radius 1 is 1.32 bits per heavy atom. The third kappa shape index (κ3) is 4.80. The standard InChI is InChI=1S/C22H31N3O3/c1-4-5-6-20-23-19(18-9-7-16(2)8-10-18)13-21(26)25(20)14-22(27)24-11-12-28-15-17(24)3/h7-10,13,17,21,26H,4-6,11-12,14-15H2,1-3H3. The number of hydrogen-bond donors (Lipinski definition) is 1. The van der Waals surface area contributed by atoms with Gasteiger partial charge in [0.25, 0.3) is 0 Å². The summed E-state index contributed by atoms with van der Waals surface area (Å²) in [5, 5.41) is 10.8. The van der Waals surface area contributed by atoms with Gasteiger partial charge in [0.15, 0.2) is 0 Å². The molecule has 1 amide bonds. The summed E-state index contributed by atoms with van der Waals surface area (Å²) in [5.41, 5.74) is 2.93. The Hall–Kier alpha value is -2.18. The SMILES string of the molecule is CCCCC1=NC(c2ccc(C)cc2)=CC(O)N1CC(=O)N1CCOCC1C. The van der Waals surface area contributed by atoms with E-state index in [-0.39, 0.29) is 18.5 Å². The lowest BCUT2D eigenvalue weighted by molar-refractivity contribution is -0.140. The molecule has 2 atom stereocenters. The summed E-state index contributed by atoms with van der Waals surface area (Å²) in [6, 6.07) is 8.17. The lowest BCUT2D eigenvalue weighted by Gasteiger charge is -2.37. The maximum absolute atomic E-state index is 12.9. The minimum Gasteiger partial charge on any atom is -0.377 e. The van der Waals surface area contributed by atoms with Gasteiger partial charge in [-0.3, -0.25) is 4.79 Å². The highest BCUT2D eigenvalue weighted by Gasteiger charge is 2.30. The number of ether oxygens (including phenoxy) is 1. The topological polar surface area (TPSA) is 65.4 Å². The smallest absolute Gasteiger partial charge is 0.242 e. The summed E-state index contributed by atoms with van der Waals surface area (Å²) in [6.45, 7) is 8.01. The van der Waals surface area contributed by atoms with Crippen LogP contribution in [0, 0.1) is 6.92 Å². The van der Waals surface area contributed by atoms with E-state index in [4.69, 9.17) is 9.73 Å². The monoisotopic (exact) mass is 385 g/mol. The first-order chi connectivity index (χ1) is 13.5. The zero-order chi connectivity index (χ0) is 20.1. The second-order valence-corrected chi connectivity index (χ2v) is 7.60. The van der Waals surface area contributed by atoms with E-state index in [1.165, 1.54) is 5.56 Å². The van der Waals surface area contributed by atoms with Crippen LogP contribution >= 0.6 is 0 Å². The van der Waals surface area contributed by atoms with E-state index in [2.05, 4.69) is 6.92 Å². The summed E-state index contributed by atoms with van der Waals surface area (Å²) in [5.74, 6) is 0.785. The lowest BCUT2D eigenvalue weighted by Crippen LogP contribution is -2.53. The molecule has 2 unspecified atom stereocenters. The molecule has 6 heteroatoms. The van der Waals surface area contributed by atoms with Crippen molar-refractivity contribution in [3.05, 3.63) is 41.5 Å². The van der Waals surface area contributed by atoms with Gasteiger partial charge >= 0.3 is 0 Å². The van der Waals surface area contributed by atoms with E-state index in [1.54, 1.807) is 11.0 Å². The zero-order valence-electron chi connectivity index (χ0n) is 17.1. The predicted molar refractivity (Wildman–Crippen MR) is 111 cm³/mol. The second-order valence-electron chi connectivity index (χ2n) is 7.60. The molecule has 3 rings (SSSR count). The van der Waals surface area contributed by atoms with Gasteiger partial charge in [0.05, 0.1) is 25.0 Å². The van der Waals surface area contributed by atoms with Crippen molar-refractivity contribution in [2.24, 2.45) is 4.99 Å². The number of aliphatic imine (C=N–C) groups is 1. The van der Waals surface area contributed by atoms with E-state index < -0.39 is 6.23 Å². The van der Waals surface area contributed by atoms with Gasteiger partial charge in [-0.1, -0.05) is 43.2 Å². The highest BCUT2D eigenvalue weighted by molar-refractivity contribution is 5.93. The average molecular weight is 386 g/mol. The molecule has 6 nitrogen and oxygen atoms in total. The van der Waals surface area contributed by atoms with Crippen LogP contribution in [-0.4, -0.2) is 65.2 Å². The highest BCUT2D eigenvalue weighted by atomic mass is 16.5. The molecule has 1 saturated heterocycles. The van der Waals surface area contributed by atoms with Crippen LogP contribution in [0.15, 0.2) is 35.3 Å². The zero-order valence-corrected chi connectivity index (χ0v) is 17.1. The molecular formula is C22H31N3O3. The number of amidine groups is 1. The Morgan fingerprint density at radius 2 is 2.07 bits per heavy atom. The van der Waals surface area contributed by atoms with Gasteiger partial charge < -0.3 is 19.6 Å². The van der Waals surface area contributed by atoms with Crippen molar-refractivity contribution in [3.8, 4) is 0 Å². The molecule has 0 radical (unpaired) electrons. The quantitative estimate of drug-likeness (QED) is 0.818. The fourth-order valence-electron chi connectivity index (χ4n) is 3.56. The molecule has 152 valence electrons. The average Bonchev–Trinajstić information content (AvgIpc) is 2.69. The number of carbonyl (C=O) groups excluding carboxylic acids is 1. The lowest BCUT2D eigenvalue weighted by atomic mass is 10.1. The van der Waals surface area contributed by atoms with Crippen LogP contribution in [-0.2, 0) is 9.53 Å². The van der Waals surface area contributed by atoms with Gasteiger partial charge in [0.2, 0.25) is 5.91 Å². The summed E-state index contributed by atoms with van der Waals surface area (Å²) in [4.78, 5) is 21.3. The molecule has 0 aromatic heterocycles.